The number of benzene rings is 7. The Bertz CT molecular complexity index is 2980. The van der Waals surface area contributed by atoms with Crippen LogP contribution in [0.5, 0.6) is 0 Å². The Morgan fingerprint density at radius 2 is 1.04 bits per heavy atom. The van der Waals surface area contributed by atoms with Crippen LogP contribution in [-0.4, -0.2) is 19.5 Å². The zero-order valence-corrected chi connectivity index (χ0v) is 28.4. The zero-order valence-electron chi connectivity index (χ0n) is 28.4. The van der Waals surface area contributed by atoms with E-state index < -0.39 is 11.7 Å². The summed E-state index contributed by atoms with van der Waals surface area (Å²) in [6.45, 7) is 0. The van der Waals surface area contributed by atoms with E-state index in [-0.39, 0.29) is 5.56 Å². The molecule has 5 nitrogen and oxygen atoms in total. The smallest absolute Gasteiger partial charge is 0.417 e. The molecule has 10 aromatic rings. The van der Waals surface area contributed by atoms with E-state index in [1.807, 2.05) is 126 Å². The molecule has 7 aromatic carbocycles. The number of furan rings is 1. The zero-order chi connectivity index (χ0) is 36.4. The van der Waals surface area contributed by atoms with Crippen LogP contribution < -0.4 is 0 Å². The third-order valence-electron chi connectivity index (χ3n) is 9.90. The van der Waals surface area contributed by atoms with Crippen LogP contribution in [0, 0.1) is 0 Å². The molecule has 0 aliphatic heterocycles. The summed E-state index contributed by atoms with van der Waals surface area (Å²) < 4.78 is 53.3. The second kappa shape index (κ2) is 12.3. The van der Waals surface area contributed by atoms with E-state index in [1.165, 1.54) is 12.1 Å². The van der Waals surface area contributed by atoms with Crippen molar-refractivity contribution >= 4 is 43.7 Å². The van der Waals surface area contributed by atoms with Gasteiger partial charge in [0, 0.05) is 43.8 Å². The number of alkyl halides is 3. The Morgan fingerprint density at radius 3 is 1.74 bits per heavy atom. The molecule has 0 spiro atoms. The molecule has 0 aliphatic carbocycles. The summed E-state index contributed by atoms with van der Waals surface area (Å²) >= 11 is 0. The molecule has 0 N–H and O–H groups in total. The van der Waals surface area contributed by atoms with Gasteiger partial charge in [-0.05, 0) is 48.0 Å². The number of halogens is 3. The molecule has 0 amide bonds. The highest BCUT2D eigenvalue weighted by molar-refractivity contribution is 6.21. The normalized spacial score (nSPS) is 12.0. The van der Waals surface area contributed by atoms with Gasteiger partial charge in [0.05, 0.1) is 22.3 Å². The highest BCUT2D eigenvalue weighted by atomic mass is 19.4. The van der Waals surface area contributed by atoms with Gasteiger partial charge in [0.2, 0.25) is 0 Å². The molecular formula is C46H27F3N4O. The van der Waals surface area contributed by atoms with E-state index in [9.17, 15) is 13.2 Å². The van der Waals surface area contributed by atoms with Gasteiger partial charge >= 0.3 is 6.18 Å². The lowest BCUT2D eigenvalue weighted by Crippen LogP contribution is -2.08. The quantitative estimate of drug-likeness (QED) is 0.179. The van der Waals surface area contributed by atoms with E-state index in [0.717, 1.165) is 55.4 Å². The summed E-state index contributed by atoms with van der Waals surface area (Å²) in [5.74, 6) is 1.24. The average Bonchev–Trinajstić information content (AvgIpc) is 3.77. The van der Waals surface area contributed by atoms with E-state index in [4.69, 9.17) is 19.4 Å². The molecule has 0 aliphatic rings. The van der Waals surface area contributed by atoms with Gasteiger partial charge < -0.3 is 8.98 Å². The second-order valence-electron chi connectivity index (χ2n) is 13.1. The van der Waals surface area contributed by atoms with Crippen LogP contribution in [-0.2, 0) is 6.18 Å². The van der Waals surface area contributed by atoms with Gasteiger partial charge in [0.25, 0.3) is 0 Å². The molecule has 0 bridgehead atoms. The number of para-hydroxylation sites is 2. The fraction of sp³-hybridized carbons (Fsp3) is 0.0217. The van der Waals surface area contributed by atoms with Crippen molar-refractivity contribution in [2.45, 2.75) is 6.18 Å². The number of fused-ring (bicyclic) bond motifs is 7. The SMILES string of the molecule is FC(F)(F)c1ccccc1-c1cc(-c2nc(-c3ccccc3)nc(-c3ccccc3)n2)ccc1-n1c2ccccc2c2ccc3c4ccccc4oc3c21. The summed E-state index contributed by atoms with van der Waals surface area (Å²) in [6.07, 6.45) is -4.62. The number of hydrogen-bond donors (Lipinski definition) is 0. The lowest BCUT2D eigenvalue weighted by molar-refractivity contribution is -0.137. The number of rotatable bonds is 5. The van der Waals surface area contributed by atoms with Gasteiger partial charge in [-0.3, -0.25) is 0 Å². The van der Waals surface area contributed by atoms with Crippen molar-refractivity contribution in [3.05, 3.63) is 169 Å². The van der Waals surface area contributed by atoms with Crippen LogP contribution in [0.3, 0.4) is 0 Å². The Kier molecular flexibility index (Phi) is 7.20. The van der Waals surface area contributed by atoms with E-state index in [0.29, 0.717) is 39.9 Å². The first-order valence-corrected chi connectivity index (χ1v) is 17.4. The maximum Gasteiger partial charge on any atom is 0.417 e. The minimum absolute atomic E-state index is 0.0326. The van der Waals surface area contributed by atoms with Crippen molar-refractivity contribution < 1.29 is 17.6 Å². The van der Waals surface area contributed by atoms with E-state index in [2.05, 4.69) is 12.1 Å². The van der Waals surface area contributed by atoms with Crippen molar-refractivity contribution in [2.24, 2.45) is 0 Å². The van der Waals surface area contributed by atoms with Crippen LogP contribution in [0.25, 0.3) is 94.7 Å². The topological polar surface area (TPSA) is 56.7 Å². The van der Waals surface area contributed by atoms with Gasteiger partial charge in [-0.1, -0.05) is 121 Å². The van der Waals surface area contributed by atoms with Crippen molar-refractivity contribution in [1.29, 1.82) is 0 Å². The lowest BCUT2D eigenvalue weighted by Gasteiger charge is -2.19. The Balaban J connectivity index is 1.30. The Labute approximate surface area is 306 Å². The van der Waals surface area contributed by atoms with Gasteiger partial charge in [-0.15, -0.1) is 0 Å². The predicted octanol–water partition coefficient (Wildman–Crippen LogP) is 12.6. The van der Waals surface area contributed by atoms with Crippen LogP contribution in [0.4, 0.5) is 13.2 Å². The largest absolute Gasteiger partial charge is 0.454 e. The van der Waals surface area contributed by atoms with Crippen LogP contribution >= 0.6 is 0 Å². The van der Waals surface area contributed by atoms with Crippen LogP contribution in [0.1, 0.15) is 5.56 Å². The molecule has 258 valence electrons. The first kappa shape index (κ1) is 31.7. The average molecular weight is 709 g/mol. The van der Waals surface area contributed by atoms with Gasteiger partial charge in [-0.25, -0.2) is 15.0 Å². The Morgan fingerprint density at radius 1 is 0.463 bits per heavy atom. The van der Waals surface area contributed by atoms with E-state index >= 15 is 0 Å². The molecular weight excluding hydrogens is 682 g/mol. The van der Waals surface area contributed by atoms with Crippen molar-refractivity contribution in [2.75, 3.05) is 0 Å². The van der Waals surface area contributed by atoms with Crippen LogP contribution in [0.2, 0.25) is 0 Å². The van der Waals surface area contributed by atoms with Gasteiger partial charge in [-0.2, -0.15) is 13.2 Å². The van der Waals surface area contributed by atoms with Gasteiger partial charge in [0.1, 0.15) is 5.58 Å². The van der Waals surface area contributed by atoms with Crippen molar-refractivity contribution in [3.63, 3.8) is 0 Å². The third-order valence-corrected chi connectivity index (χ3v) is 9.90. The third kappa shape index (κ3) is 5.14. The van der Waals surface area contributed by atoms with Crippen molar-refractivity contribution in [3.8, 4) is 51.0 Å². The fourth-order valence-electron chi connectivity index (χ4n) is 7.47. The number of aromatic nitrogens is 4. The first-order valence-electron chi connectivity index (χ1n) is 17.4. The summed E-state index contributed by atoms with van der Waals surface area (Å²) in [6, 6.07) is 50.2. The molecule has 8 heteroatoms. The minimum Gasteiger partial charge on any atom is -0.454 e. The molecule has 0 saturated heterocycles. The van der Waals surface area contributed by atoms with Crippen LogP contribution in [0.15, 0.2) is 168 Å². The molecule has 0 radical (unpaired) electrons. The fourth-order valence-corrected chi connectivity index (χ4v) is 7.47. The monoisotopic (exact) mass is 708 g/mol. The van der Waals surface area contributed by atoms with Gasteiger partial charge in [0.15, 0.2) is 23.1 Å². The highest BCUT2D eigenvalue weighted by Gasteiger charge is 2.34. The molecule has 0 fully saturated rings. The summed E-state index contributed by atoms with van der Waals surface area (Å²) in [5.41, 5.74) is 5.29. The molecule has 0 saturated carbocycles. The lowest BCUT2D eigenvalue weighted by atomic mass is 9.95. The van der Waals surface area contributed by atoms with Crippen molar-refractivity contribution in [1.82, 2.24) is 19.5 Å². The summed E-state index contributed by atoms with van der Waals surface area (Å²) in [5, 5.41) is 3.76. The predicted molar refractivity (Wildman–Crippen MR) is 208 cm³/mol. The maximum atomic E-state index is 14.9. The Hall–Kier alpha value is -7.06. The highest BCUT2D eigenvalue weighted by Crippen LogP contribution is 2.45. The molecule has 0 atom stereocenters. The summed E-state index contributed by atoms with van der Waals surface area (Å²) in [4.78, 5) is 14.6. The molecule has 3 aromatic heterocycles. The van der Waals surface area contributed by atoms with E-state index in [1.54, 1.807) is 12.1 Å². The molecule has 54 heavy (non-hydrogen) atoms. The minimum atomic E-state index is -4.62. The summed E-state index contributed by atoms with van der Waals surface area (Å²) in [7, 11) is 0. The molecule has 3 heterocycles. The maximum absolute atomic E-state index is 14.9. The number of nitrogens with zero attached hydrogens (tertiary/aromatic N) is 4. The number of hydrogen-bond acceptors (Lipinski definition) is 4. The standard InChI is InChI=1S/C46H27F3N4O/c47-46(48,49)37-20-10-7-17-31(37)36-27-30(45-51-43(28-13-3-1-4-14-28)50-44(52-45)29-15-5-2-6-16-29)23-26-39(36)53-38-21-11-8-18-32(38)34-24-25-35-33-19-9-12-22-40(33)54-42(35)41(34)53/h1-27H. The molecule has 0 unspecified atom stereocenters. The second-order valence-corrected chi connectivity index (χ2v) is 13.1. The molecule has 10 rings (SSSR count). The first-order chi connectivity index (χ1) is 26.4.